The van der Waals surface area contributed by atoms with Gasteiger partial charge in [0.05, 0.1) is 18.7 Å². The van der Waals surface area contributed by atoms with Gasteiger partial charge < -0.3 is 15.0 Å². The predicted octanol–water partition coefficient (Wildman–Crippen LogP) is 3.27. The molecular weight excluding hydrogens is 405 g/mol. The molecule has 1 N–H and O–H groups in total. The molecule has 0 bridgehead atoms. The lowest BCUT2D eigenvalue weighted by Gasteiger charge is -2.16. The van der Waals surface area contributed by atoms with Gasteiger partial charge in [-0.2, -0.15) is 0 Å². The third kappa shape index (κ3) is 4.93. The van der Waals surface area contributed by atoms with Crippen LogP contribution in [-0.4, -0.2) is 48.6 Å². The molecule has 1 aromatic heterocycles. The summed E-state index contributed by atoms with van der Waals surface area (Å²) in [6.45, 7) is 6.53. The smallest absolute Gasteiger partial charge is 0.228 e. The Kier molecular flexibility index (Phi) is 7.91. The van der Waals surface area contributed by atoms with Crippen LogP contribution in [0.1, 0.15) is 12.6 Å². The molecular formula is C19H25Cl2N3O2S. The standard InChI is InChI=1S/C19H23N3O2S.2ClH/c1-2-24-17-5-3-13(4-6-17)19-21-16(12-25-19)7-18(23)22-10-14-8-20-9-15(14)11-22;;/h3-6,12,14-15,20H,2,7-11H2,1H3;2*1H/t14-,15+;;. The number of hydrogen-bond acceptors (Lipinski definition) is 5. The van der Waals surface area contributed by atoms with Crippen LogP contribution >= 0.6 is 36.2 Å². The van der Waals surface area contributed by atoms with Gasteiger partial charge in [-0.15, -0.1) is 36.2 Å². The monoisotopic (exact) mass is 429 g/mol. The molecule has 27 heavy (non-hydrogen) atoms. The molecule has 0 saturated carbocycles. The van der Waals surface area contributed by atoms with Crippen LogP contribution in [0.2, 0.25) is 0 Å². The van der Waals surface area contributed by atoms with Crippen LogP contribution in [0.25, 0.3) is 10.6 Å². The van der Waals surface area contributed by atoms with Gasteiger partial charge in [0, 0.05) is 37.1 Å². The number of amides is 1. The second-order valence-corrected chi connectivity index (χ2v) is 7.61. The quantitative estimate of drug-likeness (QED) is 0.791. The van der Waals surface area contributed by atoms with Crippen molar-refractivity contribution < 1.29 is 9.53 Å². The molecule has 1 aromatic carbocycles. The molecule has 148 valence electrons. The molecule has 8 heteroatoms. The van der Waals surface area contributed by atoms with E-state index in [9.17, 15) is 4.79 Å². The van der Waals surface area contributed by atoms with Gasteiger partial charge in [0.2, 0.25) is 5.91 Å². The van der Waals surface area contributed by atoms with Gasteiger partial charge in [0.1, 0.15) is 10.8 Å². The molecule has 2 fully saturated rings. The number of carbonyl (C=O) groups is 1. The molecule has 2 aromatic rings. The average molecular weight is 430 g/mol. The van der Waals surface area contributed by atoms with Crippen LogP contribution in [0.4, 0.5) is 0 Å². The maximum Gasteiger partial charge on any atom is 0.228 e. The summed E-state index contributed by atoms with van der Waals surface area (Å²) >= 11 is 1.59. The molecule has 2 atom stereocenters. The summed E-state index contributed by atoms with van der Waals surface area (Å²) in [6.07, 6.45) is 0.403. The fraction of sp³-hybridized carbons (Fsp3) is 0.474. The lowest BCUT2D eigenvalue weighted by atomic mass is 10.0. The number of carbonyl (C=O) groups excluding carboxylic acids is 1. The highest BCUT2D eigenvalue weighted by molar-refractivity contribution is 7.13. The van der Waals surface area contributed by atoms with E-state index in [0.29, 0.717) is 24.9 Å². The lowest BCUT2D eigenvalue weighted by molar-refractivity contribution is -0.129. The van der Waals surface area contributed by atoms with E-state index in [1.165, 1.54) is 0 Å². The van der Waals surface area contributed by atoms with Crippen LogP contribution < -0.4 is 10.1 Å². The number of nitrogens with one attached hydrogen (secondary N) is 1. The first kappa shape index (κ1) is 22.0. The Hall–Kier alpha value is -1.34. The van der Waals surface area contributed by atoms with E-state index in [-0.39, 0.29) is 30.7 Å². The Labute approximate surface area is 176 Å². The van der Waals surface area contributed by atoms with E-state index in [1.807, 2.05) is 41.5 Å². The van der Waals surface area contributed by atoms with Crippen LogP contribution in [0, 0.1) is 11.8 Å². The number of likely N-dealkylation sites (tertiary alicyclic amines) is 1. The van der Waals surface area contributed by atoms with Gasteiger partial charge >= 0.3 is 0 Å². The summed E-state index contributed by atoms with van der Waals surface area (Å²) in [4.78, 5) is 19.2. The topological polar surface area (TPSA) is 54.5 Å². The Morgan fingerprint density at radius 1 is 1.22 bits per heavy atom. The third-order valence-electron chi connectivity index (χ3n) is 5.04. The van der Waals surface area contributed by atoms with Crippen molar-refractivity contribution in [1.29, 1.82) is 0 Å². The van der Waals surface area contributed by atoms with Gasteiger partial charge in [-0.1, -0.05) is 0 Å². The molecule has 2 aliphatic rings. The molecule has 0 radical (unpaired) electrons. The number of thiazole rings is 1. The fourth-order valence-electron chi connectivity index (χ4n) is 3.71. The van der Waals surface area contributed by atoms with Crippen LogP contribution in [0.15, 0.2) is 29.6 Å². The highest BCUT2D eigenvalue weighted by atomic mass is 35.5. The van der Waals surface area contributed by atoms with Crippen molar-refractivity contribution in [2.45, 2.75) is 13.3 Å². The second-order valence-electron chi connectivity index (χ2n) is 6.76. The number of benzene rings is 1. The summed E-state index contributed by atoms with van der Waals surface area (Å²) in [5, 5.41) is 6.36. The van der Waals surface area contributed by atoms with E-state index in [0.717, 1.165) is 48.2 Å². The summed E-state index contributed by atoms with van der Waals surface area (Å²) < 4.78 is 5.47. The van der Waals surface area contributed by atoms with Gasteiger partial charge in [-0.3, -0.25) is 4.79 Å². The minimum absolute atomic E-state index is 0. The number of rotatable bonds is 5. The van der Waals surface area contributed by atoms with Gasteiger partial charge in [-0.05, 0) is 43.0 Å². The van der Waals surface area contributed by atoms with Crippen molar-refractivity contribution in [1.82, 2.24) is 15.2 Å². The zero-order valence-corrected chi connectivity index (χ0v) is 17.7. The molecule has 0 unspecified atom stereocenters. The first-order chi connectivity index (χ1) is 12.2. The summed E-state index contributed by atoms with van der Waals surface area (Å²) in [5.74, 6) is 2.35. The predicted molar refractivity (Wildman–Crippen MR) is 113 cm³/mol. The average Bonchev–Trinajstić information content (AvgIpc) is 3.31. The number of halogens is 2. The van der Waals surface area contributed by atoms with Crippen molar-refractivity contribution in [2.75, 3.05) is 32.8 Å². The lowest BCUT2D eigenvalue weighted by Crippen LogP contribution is -2.33. The number of hydrogen-bond donors (Lipinski definition) is 1. The number of ether oxygens (including phenoxy) is 1. The van der Waals surface area contributed by atoms with E-state index >= 15 is 0 Å². The van der Waals surface area contributed by atoms with Crippen molar-refractivity contribution in [3.05, 3.63) is 35.3 Å². The number of fused-ring (bicyclic) bond motifs is 1. The van der Waals surface area contributed by atoms with Crippen molar-refractivity contribution in [3.8, 4) is 16.3 Å². The van der Waals surface area contributed by atoms with Gasteiger partial charge in [0.15, 0.2) is 0 Å². The normalized spacial score (nSPS) is 20.6. The summed E-state index contributed by atoms with van der Waals surface area (Å²) in [7, 11) is 0. The molecule has 4 rings (SSSR count). The van der Waals surface area contributed by atoms with Gasteiger partial charge in [0.25, 0.3) is 0 Å². The van der Waals surface area contributed by atoms with E-state index < -0.39 is 0 Å². The molecule has 1 amide bonds. The first-order valence-electron chi connectivity index (χ1n) is 8.89. The van der Waals surface area contributed by atoms with E-state index in [1.54, 1.807) is 11.3 Å². The minimum atomic E-state index is 0. The Morgan fingerprint density at radius 2 is 1.89 bits per heavy atom. The van der Waals surface area contributed by atoms with Crippen LogP contribution in [0.3, 0.4) is 0 Å². The van der Waals surface area contributed by atoms with Crippen LogP contribution in [0.5, 0.6) is 5.75 Å². The maximum atomic E-state index is 12.6. The van der Waals surface area contributed by atoms with E-state index in [4.69, 9.17) is 4.74 Å². The zero-order chi connectivity index (χ0) is 17.2. The van der Waals surface area contributed by atoms with Crippen molar-refractivity contribution >= 4 is 42.1 Å². The molecule has 5 nitrogen and oxygen atoms in total. The highest BCUT2D eigenvalue weighted by Gasteiger charge is 2.37. The van der Waals surface area contributed by atoms with Crippen LogP contribution in [-0.2, 0) is 11.2 Å². The second kappa shape index (κ2) is 9.73. The van der Waals surface area contributed by atoms with Crippen molar-refractivity contribution in [2.24, 2.45) is 11.8 Å². The molecule has 0 spiro atoms. The number of aromatic nitrogens is 1. The Bertz CT molecular complexity index is 742. The molecule has 0 aliphatic carbocycles. The van der Waals surface area contributed by atoms with E-state index in [2.05, 4.69) is 10.3 Å². The van der Waals surface area contributed by atoms with Gasteiger partial charge in [-0.25, -0.2) is 4.98 Å². The Morgan fingerprint density at radius 3 is 2.52 bits per heavy atom. The largest absolute Gasteiger partial charge is 0.494 e. The Balaban J connectivity index is 0.00000131. The highest BCUT2D eigenvalue weighted by Crippen LogP contribution is 2.28. The third-order valence-corrected chi connectivity index (χ3v) is 5.98. The van der Waals surface area contributed by atoms with Crippen molar-refractivity contribution in [3.63, 3.8) is 0 Å². The summed E-state index contributed by atoms with van der Waals surface area (Å²) in [6, 6.07) is 7.96. The fourth-order valence-corrected chi connectivity index (χ4v) is 4.53. The maximum absolute atomic E-state index is 12.6. The molecule has 3 heterocycles. The first-order valence-corrected chi connectivity index (χ1v) is 9.77. The molecule has 2 saturated heterocycles. The minimum Gasteiger partial charge on any atom is -0.494 e. The number of nitrogens with zero attached hydrogens (tertiary/aromatic N) is 2. The zero-order valence-electron chi connectivity index (χ0n) is 15.2. The molecule has 2 aliphatic heterocycles. The summed E-state index contributed by atoms with van der Waals surface area (Å²) in [5.41, 5.74) is 1.93. The SMILES string of the molecule is CCOc1ccc(-c2nc(CC(=O)N3C[C@H]4CNC[C@H]4C3)cs2)cc1.Cl.Cl.